The lowest BCUT2D eigenvalue weighted by Crippen LogP contribution is -2.49. The number of aromatic hydroxyl groups is 2. The van der Waals surface area contributed by atoms with Gasteiger partial charge in [0.05, 0.1) is 18.9 Å². The predicted molar refractivity (Wildman–Crippen MR) is 186 cm³/mol. The number of hydrogen-bond acceptors (Lipinski definition) is 11. The molecule has 0 aliphatic carbocycles. The van der Waals surface area contributed by atoms with E-state index in [1.807, 2.05) is 0 Å². The van der Waals surface area contributed by atoms with Crippen molar-refractivity contribution in [3.05, 3.63) is 23.8 Å². The van der Waals surface area contributed by atoms with Gasteiger partial charge in [0.2, 0.25) is 23.6 Å². The third kappa shape index (κ3) is 25.1. The van der Waals surface area contributed by atoms with Crippen molar-refractivity contribution >= 4 is 35.6 Å². The van der Waals surface area contributed by atoms with Crippen LogP contribution in [-0.4, -0.2) is 115 Å². The molecule has 0 aromatic heterocycles. The second-order valence-corrected chi connectivity index (χ2v) is 11.5. The number of halogens is 3. The van der Waals surface area contributed by atoms with Crippen LogP contribution in [-0.2, 0) is 30.4 Å². The smallest absolute Gasteiger partial charge is 0.490 e. The highest BCUT2D eigenvalue weighted by Crippen LogP contribution is 2.22. The molecule has 0 aliphatic rings. The topological polar surface area (TPSA) is 323 Å². The quantitative estimate of drug-likeness (QED) is 0.0304. The summed E-state index contributed by atoms with van der Waals surface area (Å²) in [4.78, 5) is 61.1. The zero-order valence-electron chi connectivity index (χ0n) is 29.0. The van der Waals surface area contributed by atoms with Crippen LogP contribution in [0.15, 0.2) is 23.2 Å². The molecule has 16 N–H and O–H groups in total. The van der Waals surface area contributed by atoms with E-state index >= 15 is 0 Å². The number of hydrogen-bond donors (Lipinski definition) is 12. The van der Waals surface area contributed by atoms with Gasteiger partial charge >= 0.3 is 12.1 Å². The molecule has 0 bridgehead atoms. The van der Waals surface area contributed by atoms with Crippen molar-refractivity contribution in [3.63, 3.8) is 0 Å². The number of carbonyl (C=O) groups is 5. The summed E-state index contributed by atoms with van der Waals surface area (Å²) < 4.78 is 31.7. The number of carboxylic acids is 1. The molecular formula is C31H53F3N10O8. The minimum atomic E-state index is -5.08. The van der Waals surface area contributed by atoms with E-state index in [9.17, 15) is 42.6 Å². The fraction of sp³-hybridized carbons (Fsp3) is 0.613. The Morgan fingerprint density at radius 3 is 1.88 bits per heavy atom. The number of phenols is 2. The first-order valence-corrected chi connectivity index (χ1v) is 16.6. The third-order valence-corrected chi connectivity index (χ3v) is 6.89. The Hall–Kier alpha value is -4.89. The van der Waals surface area contributed by atoms with Gasteiger partial charge in [-0.3, -0.25) is 24.2 Å². The lowest BCUT2D eigenvalue weighted by atomic mass is 10.1. The number of amides is 4. The summed E-state index contributed by atoms with van der Waals surface area (Å²) in [6.45, 7) is 4.75. The van der Waals surface area contributed by atoms with Gasteiger partial charge in [-0.1, -0.05) is 12.5 Å². The van der Waals surface area contributed by atoms with E-state index in [2.05, 4.69) is 31.6 Å². The van der Waals surface area contributed by atoms with Crippen LogP contribution in [0.5, 0.6) is 11.5 Å². The van der Waals surface area contributed by atoms with E-state index in [4.69, 9.17) is 32.8 Å². The highest BCUT2D eigenvalue weighted by Gasteiger charge is 2.38. The summed E-state index contributed by atoms with van der Waals surface area (Å²) in [7, 11) is 0. The van der Waals surface area contributed by atoms with Crippen molar-refractivity contribution in [2.24, 2.45) is 27.9 Å². The zero-order valence-corrected chi connectivity index (χ0v) is 29.0. The molecule has 2 atom stereocenters. The fourth-order valence-corrected chi connectivity index (χ4v) is 4.21. The van der Waals surface area contributed by atoms with Crippen LogP contribution in [0, 0.1) is 0 Å². The van der Waals surface area contributed by atoms with Crippen molar-refractivity contribution in [1.29, 1.82) is 0 Å². The van der Waals surface area contributed by atoms with Crippen LogP contribution >= 0.6 is 0 Å². The minimum Gasteiger partial charge on any atom is -0.508 e. The molecule has 18 nitrogen and oxygen atoms in total. The van der Waals surface area contributed by atoms with Crippen molar-refractivity contribution in [1.82, 2.24) is 26.6 Å². The molecule has 0 fully saturated rings. The Balaban J connectivity index is 0.00000335. The molecule has 1 rings (SSSR count). The zero-order chi connectivity index (χ0) is 39.5. The molecule has 0 unspecified atom stereocenters. The molecule has 0 radical (unpaired) electrons. The predicted octanol–water partition coefficient (Wildman–Crippen LogP) is -1.62. The monoisotopic (exact) mass is 750 g/mol. The molecule has 52 heavy (non-hydrogen) atoms. The first-order chi connectivity index (χ1) is 24.4. The van der Waals surface area contributed by atoms with Crippen LogP contribution in [0.4, 0.5) is 13.2 Å². The Morgan fingerprint density at radius 1 is 0.788 bits per heavy atom. The summed E-state index contributed by atoms with van der Waals surface area (Å²) in [5, 5.41) is 41.1. The Bertz CT molecular complexity index is 1280. The number of guanidine groups is 1. The van der Waals surface area contributed by atoms with E-state index < -0.39 is 42.0 Å². The van der Waals surface area contributed by atoms with Crippen molar-refractivity contribution in [2.75, 3.05) is 45.8 Å². The van der Waals surface area contributed by atoms with Crippen molar-refractivity contribution < 1.29 is 52.5 Å². The average molecular weight is 751 g/mol. The summed E-state index contributed by atoms with van der Waals surface area (Å²) in [6, 6.07) is 2.14. The van der Waals surface area contributed by atoms with Crippen molar-refractivity contribution in [2.45, 2.75) is 76.0 Å². The number of phenolic OH excluding ortho intramolecular Hbond substituents is 2. The van der Waals surface area contributed by atoms with E-state index in [0.29, 0.717) is 32.5 Å². The van der Waals surface area contributed by atoms with Crippen LogP contribution in [0.3, 0.4) is 0 Å². The molecule has 21 heteroatoms. The van der Waals surface area contributed by atoms with Gasteiger partial charge in [-0.25, -0.2) is 4.79 Å². The Kier molecular flexibility index (Phi) is 24.3. The second kappa shape index (κ2) is 26.9. The number of nitrogens with two attached hydrogens (primary N) is 4. The van der Waals surface area contributed by atoms with E-state index in [1.54, 1.807) is 0 Å². The van der Waals surface area contributed by atoms with E-state index in [1.165, 1.54) is 12.1 Å². The largest absolute Gasteiger partial charge is 0.508 e. The number of nitrogens with one attached hydrogen (secondary N) is 5. The van der Waals surface area contributed by atoms with Gasteiger partial charge in [0.15, 0.2) is 5.96 Å². The number of carboxylic acid groups (broad SMARTS) is 1. The van der Waals surface area contributed by atoms with Crippen LogP contribution < -0.4 is 49.5 Å². The van der Waals surface area contributed by atoms with Crippen LogP contribution in [0.25, 0.3) is 0 Å². The van der Waals surface area contributed by atoms with Gasteiger partial charge in [0.25, 0.3) is 0 Å². The van der Waals surface area contributed by atoms with E-state index in [0.717, 1.165) is 64.3 Å². The number of unbranched alkanes of at least 4 members (excludes halogenated alkanes) is 2. The number of primary amides is 1. The maximum absolute atomic E-state index is 12.5. The molecule has 0 aliphatic heterocycles. The molecule has 0 spiro atoms. The molecule has 0 saturated heterocycles. The Morgan fingerprint density at radius 2 is 1.33 bits per heavy atom. The molecule has 1 aromatic rings. The minimum absolute atomic E-state index is 0.0293. The number of nitrogens with zero attached hydrogens (tertiary/aromatic N) is 1. The number of alkyl halides is 3. The van der Waals surface area contributed by atoms with Crippen LogP contribution in [0.2, 0.25) is 0 Å². The number of aliphatic carboxylic acids is 1. The number of rotatable bonds is 25. The van der Waals surface area contributed by atoms with Crippen molar-refractivity contribution in [3.8, 4) is 11.5 Å². The number of aliphatic imine (C=N–C) groups is 1. The maximum atomic E-state index is 12.5. The van der Waals surface area contributed by atoms with Gasteiger partial charge in [-0.2, -0.15) is 13.2 Å². The first kappa shape index (κ1) is 47.1. The normalized spacial score (nSPS) is 12.0. The average Bonchev–Trinajstić information content (AvgIpc) is 3.05. The van der Waals surface area contributed by atoms with Gasteiger partial charge in [-0.05, 0) is 70.8 Å². The van der Waals surface area contributed by atoms with E-state index in [-0.39, 0.29) is 41.8 Å². The molecular weight excluding hydrogens is 697 g/mol. The number of benzene rings is 1. The second-order valence-electron chi connectivity index (χ2n) is 11.5. The number of carbonyl (C=O) groups excluding carboxylic acids is 4. The third-order valence-electron chi connectivity index (χ3n) is 6.89. The molecule has 4 amide bonds. The maximum Gasteiger partial charge on any atom is 0.490 e. The molecule has 0 saturated carbocycles. The fourth-order valence-electron chi connectivity index (χ4n) is 4.21. The van der Waals surface area contributed by atoms with Gasteiger partial charge < -0.3 is 64.8 Å². The van der Waals surface area contributed by atoms with Gasteiger partial charge in [0, 0.05) is 31.3 Å². The summed E-state index contributed by atoms with van der Waals surface area (Å²) in [5.74, 6) is -5.11. The lowest BCUT2D eigenvalue weighted by molar-refractivity contribution is -0.192. The molecule has 1 aromatic carbocycles. The standard InChI is InChI=1S/C29H52N10O6.C2HF3O2/c30-22(7-4-15-38-29(32)33)27(44)36-16-6-13-35-12-5-11-34-10-2-1-3-14-37-28(45)23(19-25(31)42)39-26(43)17-20-8-9-21(40)18-24(20)41;3-2(4,5)1(6)7/h8-9,18,22-23,34-35,40-41H,1-7,10-17,19,30H2,(H2,31,42)(H,36,44)(H,37,45)(H,39,43)(H4,32,33,38);(H,6,7)/t22-,23-;/m0./s1. The summed E-state index contributed by atoms with van der Waals surface area (Å²) in [6.07, 6.45) is -0.220. The van der Waals surface area contributed by atoms with Gasteiger partial charge in [0.1, 0.15) is 17.5 Å². The molecule has 0 heterocycles. The summed E-state index contributed by atoms with van der Waals surface area (Å²) in [5.41, 5.74) is 21.9. The Labute approximate surface area is 299 Å². The highest BCUT2D eigenvalue weighted by molar-refractivity contribution is 5.92. The van der Waals surface area contributed by atoms with Gasteiger partial charge in [-0.15, -0.1) is 0 Å². The first-order valence-electron chi connectivity index (χ1n) is 16.6. The van der Waals surface area contributed by atoms with Crippen LogP contribution in [0.1, 0.15) is 56.9 Å². The lowest BCUT2D eigenvalue weighted by Gasteiger charge is -2.17. The molecule has 296 valence electrons. The summed E-state index contributed by atoms with van der Waals surface area (Å²) >= 11 is 0. The highest BCUT2D eigenvalue weighted by atomic mass is 19.4. The SMILES string of the molecule is NC(=O)C[C@H](NC(=O)Cc1ccc(O)cc1O)C(=O)NCCCCCNCCCNCCCNC(=O)[C@@H](N)CCCN=C(N)N.O=C(O)C(F)(F)F.